The quantitative estimate of drug-likeness (QED) is 0.686. The van der Waals surface area contributed by atoms with Gasteiger partial charge in [-0.3, -0.25) is 0 Å². The largest absolute Gasteiger partial charge is 0.313 e. The van der Waals surface area contributed by atoms with E-state index < -0.39 is 0 Å². The van der Waals surface area contributed by atoms with Gasteiger partial charge in [0, 0.05) is 6.54 Å². The molecular weight excluding hydrogens is 194 g/mol. The first kappa shape index (κ1) is 13.2. The highest BCUT2D eigenvalue weighted by Gasteiger charge is 1.97. The van der Waals surface area contributed by atoms with Crippen LogP contribution in [0.25, 0.3) is 0 Å². The number of unbranched alkanes of at least 4 members (excludes halogenated alkanes) is 1. The Morgan fingerprint density at radius 1 is 1.12 bits per heavy atom. The first-order valence-electron chi connectivity index (χ1n) is 6.45. The summed E-state index contributed by atoms with van der Waals surface area (Å²) in [6.45, 7) is 8.91. The summed E-state index contributed by atoms with van der Waals surface area (Å²) in [5.41, 5.74) is 2.81. The highest BCUT2D eigenvalue weighted by atomic mass is 14.8. The highest BCUT2D eigenvalue weighted by Crippen LogP contribution is 2.07. The number of hydrogen-bond acceptors (Lipinski definition) is 1. The minimum atomic E-state index is 0.844. The number of aryl methyl sites for hydroxylation is 1. The molecule has 90 valence electrons. The Labute approximate surface area is 100 Å². The molecule has 1 heteroatoms. The van der Waals surface area contributed by atoms with Crippen molar-refractivity contribution in [2.24, 2.45) is 5.92 Å². The molecule has 1 N–H and O–H groups in total. The maximum atomic E-state index is 3.52. The van der Waals surface area contributed by atoms with Crippen LogP contribution in [-0.2, 0) is 6.54 Å². The van der Waals surface area contributed by atoms with Crippen LogP contribution in [0.4, 0.5) is 0 Å². The molecule has 0 fully saturated rings. The zero-order valence-electron chi connectivity index (χ0n) is 10.9. The summed E-state index contributed by atoms with van der Waals surface area (Å²) in [5.74, 6) is 0.844. The number of hydrogen-bond donors (Lipinski definition) is 1. The second kappa shape index (κ2) is 7.45. The van der Waals surface area contributed by atoms with Gasteiger partial charge in [0.25, 0.3) is 0 Å². The molecule has 0 aliphatic carbocycles. The summed E-state index contributed by atoms with van der Waals surface area (Å²) in [6, 6.07) is 8.59. The van der Waals surface area contributed by atoms with Gasteiger partial charge >= 0.3 is 0 Å². The lowest BCUT2D eigenvalue weighted by atomic mass is 10.1. The fraction of sp³-hybridized carbons (Fsp3) is 0.600. The third-order valence-corrected chi connectivity index (χ3v) is 2.96. The number of nitrogens with one attached hydrogen (secondary N) is 1. The second-order valence-corrected chi connectivity index (χ2v) is 4.99. The predicted octanol–water partition coefficient (Wildman–Crippen LogP) is 3.91. The van der Waals surface area contributed by atoms with E-state index in [0.29, 0.717) is 0 Å². The maximum Gasteiger partial charge on any atom is 0.0208 e. The van der Waals surface area contributed by atoms with Gasteiger partial charge in [-0.25, -0.2) is 0 Å². The standard InChI is InChI=1S/C15H25N/c1-13(2)8-6-7-11-16-12-15-10-5-4-9-14(15)3/h4-5,9-10,13,16H,6-8,11-12H2,1-3H3. The Morgan fingerprint density at radius 3 is 2.56 bits per heavy atom. The van der Waals surface area contributed by atoms with Crippen LogP contribution in [0.5, 0.6) is 0 Å². The summed E-state index contributed by atoms with van der Waals surface area (Å²) in [7, 11) is 0. The molecule has 0 bridgehead atoms. The van der Waals surface area contributed by atoms with E-state index in [1.54, 1.807) is 0 Å². The molecule has 0 saturated heterocycles. The lowest BCUT2D eigenvalue weighted by Gasteiger charge is -2.08. The van der Waals surface area contributed by atoms with Gasteiger partial charge in [-0.1, -0.05) is 51.0 Å². The molecule has 0 atom stereocenters. The average Bonchev–Trinajstić information content (AvgIpc) is 2.25. The monoisotopic (exact) mass is 219 g/mol. The van der Waals surface area contributed by atoms with Crippen LogP contribution in [0.15, 0.2) is 24.3 Å². The van der Waals surface area contributed by atoms with Crippen LogP contribution in [0, 0.1) is 12.8 Å². The normalized spacial score (nSPS) is 11.0. The predicted molar refractivity (Wildman–Crippen MR) is 71.6 cm³/mol. The molecule has 1 nitrogen and oxygen atoms in total. The van der Waals surface area contributed by atoms with Gasteiger partial charge in [0.15, 0.2) is 0 Å². The van der Waals surface area contributed by atoms with E-state index in [9.17, 15) is 0 Å². The van der Waals surface area contributed by atoms with Crippen molar-refractivity contribution in [3.05, 3.63) is 35.4 Å². The fourth-order valence-corrected chi connectivity index (χ4v) is 1.83. The van der Waals surface area contributed by atoms with E-state index >= 15 is 0 Å². The third-order valence-electron chi connectivity index (χ3n) is 2.96. The topological polar surface area (TPSA) is 12.0 Å². The van der Waals surface area contributed by atoms with E-state index in [4.69, 9.17) is 0 Å². The van der Waals surface area contributed by atoms with Crippen molar-refractivity contribution in [2.75, 3.05) is 6.54 Å². The zero-order chi connectivity index (χ0) is 11.8. The van der Waals surface area contributed by atoms with E-state index in [-0.39, 0.29) is 0 Å². The highest BCUT2D eigenvalue weighted by molar-refractivity contribution is 5.25. The van der Waals surface area contributed by atoms with Gasteiger partial charge in [0.05, 0.1) is 0 Å². The minimum Gasteiger partial charge on any atom is -0.313 e. The molecule has 0 aromatic heterocycles. The second-order valence-electron chi connectivity index (χ2n) is 4.99. The molecular formula is C15H25N. The maximum absolute atomic E-state index is 3.52. The third kappa shape index (κ3) is 5.32. The van der Waals surface area contributed by atoms with Crippen molar-refractivity contribution >= 4 is 0 Å². The molecule has 0 aliphatic rings. The van der Waals surface area contributed by atoms with Crippen LogP contribution in [0.1, 0.15) is 44.2 Å². The van der Waals surface area contributed by atoms with Crippen molar-refractivity contribution in [1.29, 1.82) is 0 Å². The van der Waals surface area contributed by atoms with E-state index in [1.165, 1.54) is 30.4 Å². The summed E-state index contributed by atoms with van der Waals surface area (Å²) in [6.07, 6.45) is 3.99. The summed E-state index contributed by atoms with van der Waals surface area (Å²) in [4.78, 5) is 0. The molecule has 1 aromatic carbocycles. The Kier molecular flexibility index (Phi) is 6.17. The molecule has 0 aliphatic heterocycles. The van der Waals surface area contributed by atoms with Crippen molar-refractivity contribution < 1.29 is 0 Å². The smallest absolute Gasteiger partial charge is 0.0208 e. The molecule has 0 unspecified atom stereocenters. The first-order chi connectivity index (χ1) is 7.70. The van der Waals surface area contributed by atoms with Crippen molar-refractivity contribution in [1.82, 2.24) is 5.32 Å². The van der Waals surface area contributed by atoms with Crippen LogP contribution < -0.4 is 5.32 Å². The van der Waals surface area contributed by atoms with Crippen molar-refractivity contribution in [2.45, 2.75) is 46.6 Å². The molecule has 0 spiro atoms. The van der Waals surface area contributed by atoms with E-state index in [1.807, 2.05) is 0 Å². The number of rotatable bonds is 7. The lowest BCUT2D eigenvalue weighted by Crippen LogP contribution is -2.15. The summed E-state index contributed by atoms with van der Waals surface area (Å²) >= 11 is 0. The Hall–Kier alpha value is -0.820. The van der Waals surface area contributed by atoms with Crippen LogP contribution in [0.2, 0.25) is 0 Å². The molecule has 0 radical (unpaired) electrons. The van der Waals surface area contributed by atoms with Crippen LogP contribution in [-0.4, -0.2) is 6.54 Å². The molecule has 1 rings (SSSR count). The van der Waals surface area contributed by atoms with Gasteiger partial charge < -0.3 is 5.32 Å². The van der Waals surface area contributed by atoms with Crippen LogP contribution >= 0.6 is 0 Å². The van der Waals surface area contributed by atoms with Crippen molar-refractivity contribution in [3.63, 3.8) is 0 Å². The Balaban J connectivity index is 2.10. The summed E-state index contributed by atoms with van der Waals surface area (Å²) in [5, 5.41) is 3.52. The molecule has 0 saturated carbocycles. The molecule has 1 aromatic rings. The molecule has 0 heterocycles. The Morgan fingerprint density at radius 2 is 1.88 bits per heavy atom. The van der Waals surface area contributed by atoms with Gasteiger partial charge in [0.2, 0.25) is 0 Å². The zero-order valence-corrected chi connectivity index (χ0v) is 10.9. The lowest BCUT2D eigenvalue weighted by molar-refractivity contribution is 0.520. The van der Waals surface area contributed by atoms with Crippen LogP contribution in [0.3, 0.4) is 0 Å². The SMILES string of the molecule is Cc1ccccc1CNCCCCC(C)C. The molecule has 16 heavy (non-hydrogen) atoms. The van der Waals surface area contributed by atoms with E-state index in [0.717, 1.165) is 19.0 Å². The average molecular weight is 219 g/mol. The van der Waals surface area contributed by atoms with Crippen molar-refractivity contribution in [3.8, 4) is 0 Å². The fourth-order valence-electron chi connectivity index (χ4n) is 1.83. The first-order valence-corrected chi connectivity index (χ1v) is 6.45. The van der Waals surface area contributed by atoms with Gasteiger partial charge in [-0.05, 0) is 36.9 Å². The van der Waals surface area contributed by atoms with Gasteiger partial charge in [0.1, 0.15) is 0 Å². The van der Waals surface area contributed by atoms with Gasteiger partial charge in [-0.15, -0.1) is 0 Å². The van der Waals surface area contributed by atoms with Gasteiger partial charge in [-0.2, -0.15) is 0 Å². The minimum absolute atomic E-state index is 0.844. The summed E-state index contributed by atoms with van der Waals surface area (Å²) < 4.78 is 0. The Bertz CT molecular complexity index is 291. The molecule has 0 amide bonds. The number of benzene rings is 1. The van der Waals surface area contributed by atoms with E-state index in [2.05, 4.69) is 50.4 Å².